The van der Waals surface area contributed by atoms with Crippen LogP contribution in [0.4, 0.5) is 0 Å². The van der Waals surface area contributed by atoms with E-state index >= 15 is 0 Å². The van der Waals surface area contributed by atoms with Gasteiger partial charge in [-0.1, -0.05) is 49.6 Å². The summed E-state index contributed by atoms with van der Waals surface area (Å²) in [7, 11) is -1.87. The fourth-order valence-corrected chi connectivity index (χ4v) is 6.21. The van der Waals surface area contributed by atoms with Gasteiger partial charge in [-0.3, -0.25) is 4.90 Å². The van der Waals surface area contributed by atoms with Crippen LogP contribution in [-0.4, -0.2) is 60.6 Å². The largest absolute Gasteiger partial charge is 0.395 e. The predicted octanol–water partition coefficient (Wildman–Crippen LogP) is 2.88. The molecule has 1 heterocycles. The summed E-state index contributed by atoms with van der Waals surface area (Å²) in [5.41, 5.74) is 1.97. The van der Waals surface area contributed by atoms with Crippen LogP contribution in [-0.2, 0) is 34.2 Å². The Kier molecular flexibility index (Phi) is 9.07. The lowest BCUT2D eigenvalue weighted by Crippen LogP contribution is -2.28. The Morgan fingerprint density at radius 1 is 1.16 bits per heavy atom. The molecule has 172 valence electrons. The van der Waals surface area contributed by atoms with Crippen molar-refractivity contribution >= 4 is 9.84 Å². The summed E-state index contributed by atoms with van der Waals surface area (Å²) in [4.78, 5) is 6.46. The van der Waals surface area contributed by atoms with Crippen LogP contribution >= 0.6 is 0 Å². The van der Waals surface area contributed by atoms with E-state index in [1.807, 2.05) is 30.3 Å². The molecular formula is C23H35N3O4S. The Labute approximate surface area is 186 Å². The van der Waals surface area contributed by atoms with Gasteiger partial charge in [0.25, 0.3) is 0 Å². The molecule has 1 N–H and O–H groups in total. The van der Waals surface area contributed by atoms with E-state index < -0.39 is 9.84 Å². The van der Waals surface area contributed by atoms with E-state index in [9.17, 15) is 13.5 Å². The molecule has 0 radical (unpaired) electrons. The molecule has 1 saturated carbocycles. The quantitative estimate of drug-likeness (QED) is 0.536. The lowest BCUT2D eigenvalue weighted by atomic mass is 9.91. The van der Waals surface area contributed by atoms with Crippen molar-refractivity contribution in [2.45, 2.75) is 56.9 Å². The first-order chi connectivity index (χ1) is 15.0. The minimum absolute atomic E-state index is 0.0336. The number of aliphatic hydroxyl groups is 1. The average Bonchev–Trinajstić information content (AvgIpc) is 3.17. The number of nitrogens with zero attached hydrogens (tertiary/aromatic N) is 3. The standard InChI is InChI=1S/C23H35N3O4S/c1-30-15-13-26-22(18-25(12-14-27)17-20-8-4-2-5-9-20)16-24-23(26)31(28,29)19-21-10-6-3-7-11-21/h2,4-5,8-9,16,21,27H,3,6-7,10-15,17-19H2,1H3. The van der Waals surface area contributed by atoms with Crippen molar-refractivity contribution in [3.63, 3.8) is 0 Å². The SMILES string of the molecule is COCCn1c(CN(CCO)Cc2ccccc2)cnc1S(=O)(=O)CC1CCCCC1. The summed E-state index contributed by atoms with van der Waals surface area (Å²) in [6, 6.07) is 10.1. The molecule has 1 aliphatic carbocycles. The number of rotatable bonds is 12. The molecule has 1 fully saturated rings. The molecule has 0 aliphatic heterocycles. The van der Waals surface area contributed by atoms with Crippen LogP contribution in [0.15, 0.2) is 41.7 Å². The molecule has 31 heavy (non-hydrogen) atoms. The van der Waals surface area contributed by atoms with Crippen LogP contribution in [0.25, 0.3) is 0 Å². The van der Waals surface area contributed by atoms with Gasteiger partial charge in [-0.25, -0.2) is 13.4 Å². The first-order valence-corrected chi connectivity index (χ1v) is 12.8. The third kappa shape index (κ3) is 6.87. The maximum atomic E-state index is 13.2. The van der Waals surface area contributed by atoms with Crippen molar-refractivity contribution in [2.24, 2.45) is 5.92 Å². The highest BCUT2D eigenvalue weighted by molar-refractivity contribution is 7.91. The molecule has 3 rings (SSSR count). The monoisotopic (exact) mass is 449 g/mol. The second-order valence-electron chi connectivity index (χ2n) is 8.38. The summed E-state index contributed by atoms with van der Waals surface area (Å²) >= 11 is 0. The number of aromatic nitrogens is 2. The zero-order valence-corrected chi connectivity index (χ0v) is 19.3. The molecule has 8 heteroatoms. The van der Waals surface area contributed by atoms with Crippen LogP contribution in [0.1, 0.15) is 43.4 Å². The Bertz CT molecular complexity index is 893. The molecule has 0 atom stereocenters. The number of sulfone groups is 1. The van der Waals surface area contributed by atoms with Crippen molar-refractivity contribution < 1.29 is 18.3 Å². The minimum atomic E-state index is -3.48. The fraction of sp³-hybridized carbons (Fsp3) is 0.609. The number of methoxy groups -OCH3 is 1. The molecule has 0 unspecified atom stereocenters. The highest BCUT2D eigenvalue weighted by Crippen LogP contribution is 2.27. The normalized spacial score (nSPS) is 15.6. The zero-order chi connectivity index (χ0) is 22.1. The summed E-state index contributed by atoms with van der Waals surface area (Å²) in [6.45, 7) is 2.55. The molecule has 1 aromatic heterocycles. The predicted molar refractivity (Wildman–Crippen MR) is 120 cm³/mol. The molecule has 2 aromatic rings. The van der Waals surface area contributed by atoms with Gasteiger partial charge in [0.05, 0.1) is 30.9 Å². The van der Waals surface area contributed by atoms with Crippen molar-refractivity contribution in [1.29, 1.82) is 0 Å². The van der Waals surface area contributed by atoms with Crippen molar-refractivity contribution in [3.8, 4) is 0 Å². The molecule has 0 amide bonds. The lowest BCUT2D eigenvalue weighted by Gasteiger charge is -2.23. The Balaban J connectivity index is 1.81. The summed E-state index contributed by atoms with van der Waals surface area (Å²) in [6.07, 6.45) is 7.04. The van der Waals surface area contributed by atoms with E-state index in [2.05, 4.69) is 9.88 Å². The lowest BCUT2D eigenvalue weighted by molar-refractivity contribution is 0.170. The minimum Gasteiger partial charge on any atom is -0.395 e. The number of hydrogen-bond donors (Lipinski definition) is 1. The van der Waals surface area contributed by atoms with Gasteiger partial charge >= 0.3 is 0 Å². The Morgan fingerprint density at radius 2 is 1.90 bits per heavy atom. The second-order valence-corrected chi connectivity index (χ2v) is 10.3. The van der Waals surface area contributed by atoms with Gasteiger partial charge in [0.1, 0.15) is 0 Å². The van der Waals surface area contributed by atoms with Crippen LogP contribution < -0.4 is 0 Å². The van der Waals surface area contributed by atoms with Crippen LogP contribution in [0.3, 0.4) is 0 Å². The summed E-state index contributed by atoms with van der Waals surface area (Å²) in [5.74, 6) is 0.389. The summed E-state index contributed by atoms with van der Waals surface area (Å²) < 4.78 is 33.5. The van der Waals surface area contributed by atoms with Gasteiger partial charge in [0, 0.05) is 33.3 Å². The van der Waals surface area contributed by atoms with Crippen molar-refractivity contribution in [3.05, 3.63) is 47.8 Å². The number of aliphatic hydroxyl groups excluding tert-OH is 1. The highest BCUT2D eigenvalue weighted by Gasteiger charge is 2.28. The van der Waals surface area contributed by atoms with Gasteiger partial charge < -0.3 is 14.4 Å². The van der Waals surface area contributed by atoms with E-state index in [0.29, 0.717) is 32.8 Å². The first-order valence-electron chi connectivity index (χ1n) is 11.2. The molecular weight excluding hydrogens is 414 g/mol. The molecule has 0 spiro atoms. The summed E-state index contributed by atoms with van der Waals surface area (Å²) in [5, 5.41) is 9.69. The average molecular weight is 450 g/mol. The smallest absolute Gasteiger partial charge is 0.227 e. The van der Waals surface area contributed by atoms with Gasteiger partial charge in [-0.2, -0.15) is 0 Å². The first kappa shape index (κ1) is 23.9. The molecule has 1 aliphatic rings. The van der Waals surface area contributed by atoms with E-state index in [-0.39, 0.29) is 23.4 Å². The molecule has 7 nitrogen and oxygen atoms in total. The topological polar surface area (TPSA) is 84.7 Å². The number of ether oxygens (including phenoxy) is 1. The van der Waals surface area contributed by atoms with Crippen LogP contribution in [0, 0.1) is 5.92 Å². The second kappa shape index (κ2) is 11.8. The van der Waals surface area contributed by atoms with Gasteiger partial charge in [-0.15, -0.1) is 0 Å². The third-order valence-corrected chi connectivity index (χ3v) is 7.72. The van der Waals surface area contributed by atoms with Crippen molar-refractivity contribution in [2.75, 3.05) is 32.6 Å². The van der Waals surface area contributed by atoms with E-state index in [0.717, 1.165) is 36.9 Å². The fourth-order valence-electron chi connectivity index (χ4n) is 4.35. The van der Waals surface area contributed by atoms with E-state index in [4.69, 9.17) is 4.74 Å². The Hall–Kier alpha value is -1.74. The molecule has 0 saturated heterocycles. The maximum Gasteiger partial charge on any atom is 0.227 e. The van der Waals surface area contributed by atoms with Gasteiger partial charge in [0.2, 0.25) is 15.0 Å². The third-order valence-electron chi connectivity index (χ3n) is 5.93. The highest BCUT2D eigenvalue weighted by atomic mass is 32.2. The van der Waals surface area contributed by atoms with E-state index in [1.165, 1.54) is 6.42 Å². The van der Waals surface area contributed by atoms with Crippen molar-refractivity contribution in [1.82, 2.24) is 14.5 Å². The van der Waals surface area contributed by atoms with Crippen LogP contribution in [0.2, 0.25) is 0 Å². The molecule has 0 bridgehead atoms. The van der Waals surface area contributed by atoms with Gasteiger partial charge in [-0.05, 0) is 24.3 Å². The number of imidazole rings is 1. The zero-order valence-electron chi connectivity index (χ0n) is 18.4. The number of hydrogen-bond acceptors (Lipinski definition) is 6. The Morgan fingerprint density at radius 3 is 2.58 bits per heavy atom. The van der Waals surface area contributed by atoms with Gasteiger partial charge in [0.15, 0.2) is 0 Å². The maximum absolute atomic E-state index is 13.2. The number of benzene rings is 1. The van der Waals surface area contributed by atoms with Crippen LogP contribution in [0.5, 0.6) is 0 Å². The van der Waals surface area contributed by atoms with E-state index in [1.54, 1.807) is 17.9 Å². The molecule has 1 aromatic carbocycles.